The number of benzene rings is 1. The molecule has 1 aromatic carbocycles. The third-order valence-corrected chi connectivity index (χ3v) is 3.72. The first kappa shape index (κ1) is 13.3. The minimum Gasteiger partial charge on any atom is -0.373 e. The van der Waals surface area contributed by atoms with Crippen molar-refractivity contribution in [3.05, 3.63) is 29.8 Å². The quantitative estimate of drug-likeness (QED) is 0.762. The summed E-state index contributed by atoms with van der Waals surface area (Å²) in [5, 5.41) is 0. The highest BCUT2D eigenvalue weighted by atomic mass is 16.5. The van der Waals surface area contributed by atoms with E-state index in [1.165, 1.54) is 0 Å². The highest BCUT2D eigenvalue weighted by molar-refractivity contribution is 6.52. The first-order chi connectivity index (χ1) is 9.56. The van der Waals surface area contributed by atoms with E-state index in [0.29, 0.717) is 17.9 Å². The molecule has 5 heteroatoms. The van der Waals surface area contributed by atoms with Crippen LogP contribution < -0.4 is 4.90 Å². The summed E-state index contributed by atoms with van der Waals surface area (Å²) < 4.78 is 5.69. The molecule has 3 rings (SSSR count). The maximum absolute atomic E-state index is 12.1. The van der Waals surface area contributed by atoms with Crippen LogP contribution in [0.3, 0.4) is 0 Å². The Hall–Kier alpha value is -1.72. The van der Waals surface area contributed by atoms with E-state index in [-0.39, 0.29) is 12.2 Å². The SMILES string of the molecule is C[C@H]1CN(CN2C(=O)C(=O)c3ccccc32)C[C@H](C)O1. The van der Waals surface area contributed by atoms with Crippen molar-refractivity contribution in [3.8, 4) is 0 Å². The summed E-state index contributed by atoms with van der Waals surface area (Å²) in [7, 11) is 0. The predicted octanol–water partition coefficient (Wildman–Crippen LogP) is 1.28. The van der Waals surface area contributed by atoms with Crippen molar-refractivity contribution in [2.75, 3.05) is 24.7 Å². The van der Waals surface area contributed by atoms with Crippen LogP contribution in [0.2, 0.25) is 0 Å². The number of morpholine rings is 1. The third-order valence-electron chi connectivity index (χ3n) is 3.72. The van der Waals surface area contributed by atoms with Gasteiger partial charge in [-0.2, -0.15) is 0 Å². The van der Waals surface area contributed by atoms with E-state index in [1.807, 2.05) is 26.0 Å². The van der Waals surface area contributed by atoms with E-state index < -0.39 is 11.7 Å². The number of ketones is 1. The molecule has 0 N–H and O–H groups in total. The maximum atomic E-state index is 12.1. The molecule has 1 saturated heterocycles. The van der Waals surface area contributed by atoms with E-state index in [9.17, 15) is 9.59 Å². The summed E-state index contributed by atoms with van der Waals surface area (Å²) in [6, 6.07) is 7.17. The predicted molar refractivity (Wildman–Crippen MR) is 74.7 cm³/mol. The molecule has 1 fully saturated rings. The summed E-state index contributed by atoms with van der Waals surface area (Å²) in [5.74, 6) is -0.840. The summed E-state index contributed by atoms with van der Waals surface area (Å²) in [6.45, 7) is 6.02. The molecule has 0 unspecified atom stereocenters. The van der Waals surface area contributed by atoms with Gasteiger partial charge in [0.25, 0.3) is 5.78 Å². The van der Waals surface area contributed by atoms with E-state index in [0.717, 1.165) is 13.1 Å². The van der Waals surface area contributed by atoms with E-state index in [1.54, 1.807) is 17.0 Å². The number of para-hydroxylation sites is 1. The van der Waals surface area contributed by atoms with Crippen LogP contribution in [0.5, 0.6) is 0 Å². The summed E-state index contributed by atoms with van der Waals surface area (Å²) in [5.41, 5.74) is 1.22. The van der Waals surface area contributed by atoms with E-state index in [4.69, 9.17) is 4.74 Å². The molecule has 2 aliphatic heterocycles. The van der Waals surface area contributed by atoms with Gasteiger partial charge in [-0.15, -0.1) is 0 Å². The van der Waals surface area contributed by atoms with Gasteiger partial charge >= 0.3 is 5.91 Å². The molecule has 0 saturated carbocycles. The molecule has 2 aliphatic rings. The molecule has 0 spiro atoms. The van der Waals surface area contributed by atoms with Crippen molar-refractivity contribution in [2.45, 2.75) is 26.1 Å². The lowest BCUT2D eigenvalue weighted by Crippen LogP contribution is -2.50. The van der Waals surface area contributed by atoms with Crippen LogP contribution in [0.15, 0.2) is 24.3 Å². The monoisotopic (exact) mass is 274 g/mol. The van der Waals surface area contributed by atoms with Crippen molar-refractivity contribution >= 4 is 17.4 Å². The molecule has 0 bridgehead atoms. The highest BCUT2D eigenvalue weighted by Crippen LogP contribution is 2.29. The lowest BCUT2D eigenvalue weighted by Gasteiger charge is -2.37. The number of anilines is 1. The second-order valence-corrected chi connectivity index (χ2v) is 5.51. The second-order valence-electron chi connectivity index (χ2n) is 5.51. The molecule has 106 valence electrons. The maximum Gasteiger partial charge on any atom is 0.300 e. The number of fused-ring (bicyclic) bond motifs is 1. The van der Waals surface area contributed by atoms with Crippen LogP contribution in [0.25, 0.3) is 0 Å². The number of amides is 1. The number of Topliss-reactive ketones (excluding diaryl/α,β-unsaturated/α-hetero) is 1. The van der Waals surface area contributed by atoms with Gasteiger partial charge in [-0.25, -0.2) is 0 Å². The molecule has 0 aromatic heterocycles. The zero-order valence-electron chi connectivity index (χ0n) is 11.7. The Bertz CT molecular complexity index is 548. The molecule has 5 nitrogen and oxygen atoms in total. The van der Waals surface area contributed by atoms with Crippen LogP contribution in [0, 0.1) is 0 Å². The number of rotatable bonds is 2. The number of nitrogens with zero attached hydrogens (tertiary/aromatic N) is 2. The van der Waals surface area contributed by atoms with Crippen molar-refractivity contribution in [2.24, 2.45) is 0 Å². The molecule has 0 aliphatic carbocycles. The van der Waals surface area contributed by atoms with Gasteiger partial charge in [0, 0.05) is 13.1 Å². The Labute approximate surface area is 118 Å². The molecule has 1 amide bonds. The number of hydrogen-bond acceptors (Lipinski definition) is 4. The second kappa shape index (κ2) is 5.00. The molecule has 2 heterocycles. The topological polar surface area (TPSA) is 49.9 Å². The zero-order chi connectivity index (χ0) is 14.3. The van der Waals surface area contributed by atoms with Crippen LogP contribution in [0.1, 0.15) is 24.2 Å². The first-order valence-corrected chi connectivity index (χ1v) is 6.89. The number of carbonyl (C=O) groups excluding carboxylic acids is 2. The van der Waals surface area contributed by atoms with Gasteiger partial charge in [0.05, 0.1) is 30.1 Å². The molecular weight excluding hydrogens is 256 g/mol. The van der Waals surface area contributed by atoms with Crippen LogP contribution >= 0.6 is 0 Å². The van der Waals surface area contributed by atoms with Gasteiger partial charge in [0.2, 0.25) is 0 Å². The summed E-state index contributed by atoms with van der Waals surface area (Å²) in [6.07, 6.45) is 0.282. The Kier molecular flexibility index (Phi) is 3.31. The lowest BCUT2D eigenvalue weighted by atomic mass is 10.1. The highest BCUT2D eigenvalue weighted by Gasteiger charge is 2.37. The van der Waals surface area contributed by atoms with Crippen LogP contribution in [-0.2, 0) is 9.53 Å². The smallest absolute Gasteiger partial charge is 0.300 e. The van der Waals surface area contributed by atoms with Crippen molar-refractivity contribution in [1.29, 1.82) is 0 Å². The van der Waals surface area contributed by atoms with Crippen LogP contribution in [0.4, 0.5) is 5.69 Å². The average molecular weight is 274 g/mol. The Morgan fingerprint density at radius 1 is 1.15 bits per heavy atom. The number of carbonyl (C=O) groups is 2. The molecule has 2 atom stereocenters. The number of ether oxygens (including phenoxy) is 1. The van der Waals surface area contributed by atoms with Crippen molar-refractivity contribution in [3.63, 3.8) is 0 Å². The van der Waals surface area contributed by atoms with Gasteiger partial charge in [-0.3, -0.25) is 19.4 Å². The summed E-state index contributed by atoms with van der Waals surface area (Å²) in [4.78, 5) is 27.8. The zero-order valence-corrected chi connectivity index (χ0v) is 11.7. The van der Waals surface area contributed by atoms with Crippen LogP contribution in [-0.4, -0.2) is 48.6 Å². The van der Waals surface area contributed by atoms with Gasteiger partial charge in [-0.1, -0.05) is 12.1 Å². The Morgan fingerprint density at radius 3 is 2.50 bits per heavy atom. The molecule has 1 aromatic rings. The van der Waals surface area contributed by atoms with Gasteiger partial charge in [-0.05, 0) is 26.0 Å². The van der Waals surface area contributed by atoms with E-state index in [2.05, 4.69) is 4.90 Å². The van der Waals surface area contributed by atoms with Crippen molar-refractivity contribution in [1.82, 2.24) is 4.90 Å². The minimum atomic E-state index is -0.432. The minimum absolute atomic E-state index is 0.141. The first-order valence-electron chi connectivity index (χ1n) is 6.89. The summed E-state index contributed by atoms with van der Waals surface area (Å²) >= 11 is 0. The third kappa shape index (κ3) is 2.23. The van der Waals surface area contributed by atoms with Gasteiger partial charge in [0.1, 0.15) is 0 Å². The number of hydrogen-bond donors (Lipinski definition) is 0. The molecule has 20 heavy (non-hydrogen) atoms. The Morgan fingerprint density at radius 2 is 1.80 bits per heavy atom. The van der Waals surface area contributed by atoms with E-state index >= 15 is 0 Å². The van der Waals surface area contributed by atoms with Gasteiger partial charge < -0.3 is 4.74 Å². The normalized spacial score (nSPS) is 27.0. The standard InChI is InChI=1S/C15H18N2O3/c1-10-7-16(8-11(2)20-10)9-17-13-6-4-3-5-12(13)14(18)15(17)19/h3-6,10-11H,7-9H2,1-2H3/t10-,11-/m0/s1. The Balaban J connectivity index is 1.81. The lowest BCUT2D eigenvalue weighted by molar-refractivity contribution is -0.115. The average Bonchev–Trinajstić information content (AvgIpc) is 2.64. The largest absolute Gasteiger partial charge is 0.373 e. The molecular formula is C15H18N2O3. The fourth-order valence-corrected chi connectivity index (χ4v) is 2.99. The molecule has 0 radical (unpaired) electrons. The fraction of sp³-hybridized carbons (Fsp3) is 0.467. The fourth-order valence-electron chi connectivity index (χ4n) is 2.99. The van der Waals surface area contributed by atoms with Gasteiger partial charge in [0.15, 0.2) is 0 Å². The van der Waals surface area contributed by atoms with Crippen molar-refractivity contribution < 1.29 is 14.3 Å².